The highest BCUT2D eigenvalue weighted by atomic mass is 35.5. The zero-order chi connectivity index (χ0) is 15.6. The molecule has 0 aliphatic carbocycles. The van der Waals surface area contributed by atoms with Crippen molar-refractivity contribution in [2.24, 2.45) is 0 Å². The van der Waals surface area contributed by atoms with Gasteiger partial charge in [-0.25, -0.2) is 4.79 Å². The first-order valence-corrected chi connectivity index (χ1v) is 7.43. The topological polar surface area (TPSA) is 43.8 Å². The highest BCUT2D eigenvalue weighted by Gasteiger charge is 2.27. The van der Waals surface area contributed by atoms with E-state index in [0.29, 0.717) is 17.1 Å². The van der Waals surface area contributed by atoms with Crippen molar-refractivity contribution in [2.45, 2.75) is 25.9 Å². The number of halogens is 1. The minimum Gasteiger partial charge on any atom is -0.478 e. The number of piperazine rings is 1. The Bertz CT molecular complexity index is 547. The molecule has 0 saturated carbocycles. The second-order valence-corrected chi connectivity index (χ2v) is 6.08. The molecule has 1 aromatic rings. The average molecular weight is 309 g/mol. The standard InChI is InChI=1S/C16H21ClN2O2/c1-11-9-19(10-12(2)18(11)3)15-8-14(17)6-4-13(15)5-7-16(20)21/h4-8,11-12H,9-10H2,1-3H3,(H,20,21)/b7-5+. The fourth-order valence-corrected chi connectivity index (χ4v) is 2.86. The van der Waals surface area contributed by atoms with Gasteiger partial charge in [-0.1, -0.05) is 17.7 Å². The Morgan fingerprint density at radius 3 is 2.52 bits per heavy atom. The van der Waals surface area contributed by atoms with Crippen LogP contribution in [0.5, 0.6) is 0 Å². The fourth-order valence-electron chi connectivity index (χ4n) is 2.69. The molecule has 1 aliphatic rings. The van der Waals surface area contributed by atoms with Gasteiger partial charge in [-0.2, -0.15) is 0 Å². The number of rotatable bonds is 3. The average Bonchev–Trinajstić information content (AvgIpc) is 2.42. The summed E-state index contributed by atoms with van der Waals surface area (Å²) in [5.74, 6) is -0.948. The van der Waals surface area contributed by atoms with Gasteiger partial charge in [-0.3, -0.25) is 4.90 Å². The van der Waals surface area contributed by atoms with Crippen LogP contribution in [0.2, 0.25) is 5.02 Å². The summed E-state index contributed by atoms with van der Waals surface area (Å²) in [6, 6.07) is 6.43. The van der Waals surface area contributed by atoms with E-state index in [9.17, 15) is 4.79 Å². The third-order valence-corrected chi connectivity index (χ3v) is 4.33. The van der Waals surface area contributed by atoms with E-state index in [1.807, 2.05) is 12.1 Å². The highest BCUT2D eigenvalue weighted by molar-refractivity contribution is 6.31. The van der Waals surface area contributed by atoms with Crippen molar-refractivity contribution in [3.63, 3.8) is 0 Å². The molecule has 2 unspecified atom stereocenters. The molecule has 0 amide bonds. The van der Waals surface area contributed by atoms with Gasteiger partial charge < -0.3 is 10.0 Å². The Morgan fingerprint density at radius 1 is 1.33 bits per heavy atom. The van der Waals surface area contributed by atoms with Crippen molar-refractivity contribution in [1.82, 2.24) is 4.90 Å². The lowest BCUT2D eigenvalue weighted by molar-refractivity contribution is -0.131. The van der Waals surface area contributed by atoms with Crippen molar-refractivity contribution in [3.8, 4) is 0 Å². The van der Waals surface area contributed by atoms with Crippen LogP contribution in [0.4, 0.5) is 5.69 Å². The summed E-state index contributed by atoms with van der Waals surface area (Å²) in [7, 11) is 2.13. The number of carbonyl (C=O) groups is 1. The van der Waals surface area contributed by atoms with Crippen LogP contribution in [0.25, 0.3) is 6.08 Å². The van der Waals surface area contributed by atoms with E-state index in [0.717, 1.165) is 30.4 Å². The van der Waals surface area contributed by atoms with E-state index in [2.05, 4.69) is 30.7 Å². The lowest BCUT2D eigenvalue weighted by Crippen LogP contribution is -2.55. The molecule has 0 radical (unpaired) electrons. The first-order valence-electron chi connectivity index (χ1n) is 7.06. The van der Waals surface area contributed by atoms with Gasteiger partial charge in [0.15, 0.2) is 0 Å². The first kappa shape index (κ1) is 15.9. The molecule has 21 heavy (non-hydrogen) atoms. The summed E-state index contributed by atoms with van der Waals surface area (Å²) >= 11 is 6.12. The molecule has 5 heteroatoms. The molecule has 1 saturated heterocycles. The molecule has 1 heterocycles. The van der Waals surface area contributed by atoms with E-state index in [1.165, 1.54) is 0 Å². The molecule has 1 aliphatic heterocycles. The third-order valence-electron chi connectivity index (χ3n) is 4.10. The first-order chi connectivity index (χ1) is 9.88. The molecule has 2 atom stereocenters. The number of anilines is 1. The van der Waals surface area contributed by atoms with Crippen LogP contribution >= 0.6 is 11.6 Å². The van der Waals surface area contributed by atoms with Gasteiger partial charge >= 0.3 is 5.97 Å². The summed E-state index contributed by atoms with van der Waals surface area (Å²) in [4.78, 5) is 15.4. The van der Waals surface area contributed by atoms with E-state index in [-0.39, 0.29) is 0 Å². The predicted molar refractivity (Wildman–Crippen MR) is 87.0 cm³/mol. The van der Waals surface area contributed by atoms with Crippen molar-refractivity contribution < 1.29 is 9.90 Å². The number of nitrogens with zero attached hydrogens (tertiary/aromatic N) is 2. The minimum atomic E-state index is -0.948. The summed E-state index contributed by atoms with van der Waals surface area (Å²) in [5.41, 5.74) is 1.87. The molecule has 1 fully saturated rings. The third kappa shape index (κ3) is 3.77. The number of hydrogen-bond acceptors (Lipinski definition) is 3. The molecule has 0 bridgehead atoms. The van der Waals surface area contributed by atoms with Crippen LogP contribution < -0.4 is 4.90 Å². The van der Waals surface area contributed by atoms with E-state index >= 15 is 0 Å². The molecule has 4 nitrogen and oxygen atoms in total. The lowest BCUT2D eigenvalue weighted by Gasteiger charge is -2.44. The van der Waals surface area contributed by atoms with Gasteiger partial charge in [-0.15, -0.1) is 0 Å². The lowest BCUT2D eigenvalue weighted by atomic mass is 10.1. The Morgan fingerprint density at radius 2 is 1.95 bits per heavy atom. The summed E-state index contributed by atoms with van der Waals surface area (Å²) in [6.07, 6.45) is 2.79. The van der Waals surface area contributed by atoms with Crippen LogP contribution in [-0.2, 0) is 4.79 Å². The van der Waals surface area contributed by atoms with Gasteiger partial charge in [0.2, 0.25) is 0 Å². The van der Waals surface area contributed by atoms with Gasteiger partial charge in [0.1, 0.15) is 0 Å². The molecule has 1 aromatic carbocycles. The number of carboxylic acid groups (broad SMARTS) is 1. The Hall–Kier alpha value is -1.52. The van der Waals surface area contributed by atoms with Crippen molar-refractivity contribution >= 4 is 29.3 Å². The quantitative estimate of drug-likeness (QED) is 0.872. The number of carboxylic acids is 1. The maximum Gasteiger partial charge on any atom is 0.328 e. The van der Waals surface area contributed by atoms with Gasteiger partial charge in [0, 0.05) is 42.0 Å². The van der Waals surface area contributed by atoms with Gasteiger partial charge in [0.25, 0.3) is 0 Å². The van der Waals surface area contributed by atoms with Crippen molar-refractivity contribution in [2.75, 3.05) is 25.0 Å². The number of benzene rings is 1. The molecule has 1 N–H and O–H groups in total. The maximum absolute atomic E-state index is 10.7. The van der Waals surface area contributed by atoms with Crippen LogP contribution in [0, 0.1) is 0 Å². The van der Waals surface area contributed by atoms with Crippen LogP contribution in [0.15, 0.2) is 24.3 Å². The molecule has 114 valence electrons. The van der Waals surface area contributed by atoms with Crippen molar-refractivity contribution in [3.05, 3.63) is 34.9 Å². The number of likely N-dealkylation sites (N-methyl/N-ethyl adjacent to an activating group) is 1. The molecule has 2 rings (SSSR count). The fraction of sp³-hybridized carbons (Fsp3) is 0.438. The van der Waals surface area contributed by atoms with Gasteiger partial charge in [0.05, 0.1) is 0 Å². The van der Waals surface area contributed by atoms with Crippen LogP contribution in [0.1, 0.15) is 19.4 Å². The monoisotopic (exact) mass is 308 g/mol. The highest BCUT2D eigenvalue weighted by Crippen LogP contribution is 2.29. The van der Waals surface area contributed by atoms with Crippen LogP contribution in [-0.4, -0.2) is 48.2 Å². The Labute approximate surface area is 130 Å². The Kier molecular flexibility index (Phi) is 4.91. The molecular weight excluding hydrogens is 288 g/mol. The van der Waals surface area contributed by atoms with E-state index in [1.54, 1.807) is 12.1 Å². The largest absolute Gasteiger partial charge is 0.478 e. The summed E-state index contributed by atoms with van der Waals surface area (Å²) < 4.78 is 0. The number of hydrogen-bond donors (Lipinski definition) is 1. The SMILES string of the molecule is CC1CN(c2cc(Cl)ccc2/C=C/C(=O)O)CC(C)N1C. The zero-order valence-electron chi connectivity index (χ0n) is 12.6. The zero-order valence-corrected chi connectivity index (χ0v) is 13.3. The maximum atomic E-state index is 10.7. The second kappa shape index (κ2) is 6.50. The Balaban J connectivity index is 2.33. The molecular formula is C16H21ClN2O2. The normalized spacial score (nSPS) is 23.7. The van der Waals surface area contributed by atoms with Gasteiger partial charge in [-0.05, 0) is 44.7 Å². The summed E-state index contributed by atoms with van der Waals surface area (Å²) in [6.45, 7) is 6.18. The number of aliphatic carboxylic acids is 1. The van der Waals surface area contributed by atoms with E-state index in [4.69, 9.17) is 16.7 Å². The smallest absolute Gasteiger partial charge is 0.328 e. The molecule has 0 spiro atoms. The minimum absolute atomic E-state index is 0.434. The van der Waals surface area contributed by atoms with Crippen molar-refractivity contribution in [1.29, 1.82) is 0 Å². The second-order valence-electron chi connectivity index (χ2n) is 5.64. The van der Waals surface area contributed by atoms with Crippen LogP contribution in [0.3, 0.4) is 0 Å². The molecule has 0 aromatic heterocycles. The summed E-state index contributed by atoms with van der Waals surface area (Å²) in [5, 5.41) is 9.48. The van der Waals surface area contributed by atoms with E-state index < -0.39 is 5.97 Å². The predicted octanol–water partition coefficient (Wildman–Crippen LogP) is 2.97.